The SMILES string of the molecule is O=C(O)CCC(Cc1ccccc1)NCC1CC1c1ccccc1. The number of carboxylic acids is 1. The van der Waals surface area contributed by atoms with E-state index in [1.807, 2.05) is 18.2 Å². The highest BCUT2D eigenvalue weighted by Gasteiger charge is 2.37. The lowest BCUT2D eigenvalue weighted by atomic mass is 10.0. The number of carbonyl (C=O) groups is 1. The summed E-state index contributed by atoms with van der Waals surface area (Å²) in [7, 11) is 0. The zero-order chi connectivity index (χ0) is 16.8. The third-order valence-electron chi connectivity index (χ3n) is 4.85. The van der Waals surface area contributed by atoms with Crippen LogP contribution in [0.1, 0.15) is 36.3 Å². The lowest BCUT2D eigenvalue weighted by Gasteiger charge is -2.18. The maximum atomic E-state index is 10.9. The van der Waals surface area contributed by atoms with E-state index in [2.05, 4.69) is 47.8 Å². The molecular weight excluding hydrogens is 298 g/mol. The molecule has 0 heterocycles. The van der Waals surface area contributed by atoms with Gasteiger partial charge in [0, 0.05) is 12.5 Å². The number of aliphatic carboxylic acids is 1. The second kappa shape index (κ2) is 8.11. The van der Waals surface area contributed by atoms with Crippen molar-refractivity contribution in [3.05, 3.63) is 71.8 Å². The summed E-state index contributed by atoms with van der Waals surface area (Å²) in [4.78, 5) is 10.9. The lowest BCUT2D eigenvalue weighted by Crippen LogP contribution is -2.33. The fourth-order valence-electron chi connectivity index (χ4n) is 3.37. The van der Waals surface area contributed by atoms with Crippen molar-refractivity contribution in [1.29, 1.82) is 0 Å². The van der Waals surface area contributed by atoms with Gasteiger partial charge >= 0.3 is 5.97 Å². The summed E-state index contributed by atoms with van der Waals surface area (Å²) >= 11 is 0. The monoisotopic (exact) mass is 323 g/mol. The van der Waals surface area contributed by atoms with Crippen molar-refractivity contribution in [2.45, 2.75) is 37.6 Å². The van der Waals surface area contributed by atoms with E-state index in [1.165, 1.54) is 17.5 Å². The van der Waals surface area contributed by atoms with Gasteiger partial charge in [0.25, 0.3) is 0 Å². The maximum Gasteiger partial charge on any atom is 0.303 e. The first-order chi connectivity index (χ1) is 11.7. The second-order valence-electron chi connectivity index (χ2n) is 6.74. The Hall–Kier alpha value is -2.13. The Morgan fingerprint density at radius 2 is 1.75 bits per heavy atom. The van der Waals surface area contributed by atoms with Gasteiger partial charge in [-0.3, -0.25) is 4.79 Å². The van der Waals surface area contributed by atoms with Gasteiger partial charge in [-0.05, 0) is 48.8 Å². The average Bonchev–Trinajstić information content (AvgIpc) is 3.38. The predicted molar refractivity (Wildman–Crippen MR) is 96.1 cm³/mol. The van der Waals surface area contributed by atoms with Crippen molar-refractivity contribution < 1.29 is 9.90 Å². The smallest absolute Gasteiger partial charge is 0.303 e. The molecule has 2 N–H and O–H groups in total. The van der Waals surface area contributed by atoms with E-state index in [1.54, 1.807) is 0 Å². The van der Waals surface area contributed by atoms with E-state index in [4.69, 9.17) is 5.11 Å². The quantitative estimate of drug-likeness (QED) is 0.737. The fraction of sp³-hybridized carbons (Fsp3) is 0.381. The van der Waals surface area contributed by atoms with E-state index in [-0.39, 0.29) is 12.5 Å². The second-order valence-corrected chi connectivity index (χ2v) is 6.74. The molecule has 3 heteroatoms. The normalized spacial score (nSPS) is 20.5. The van der Waals surface area contributed by atoms with Gasteiger partial charge in [0.1, 0.15) is 0 Å². The molecule has 3 unspecified atom stereocenters. The fourth-order valence-corrected chi connectivity index (χ4v) is 3.37. The van der Waals surface area contributed by atoms with Crippen molar-refractivity contribution in [3.8, 4) is 0 Å². The Kier molecular flexibility index (Phi) is 5.65. The largest absolute Gasteiger partial charge is 0.481 e. The molecule has 3 atom stereocenters. The average molecular weight is 323 g/mol. The van der Waals surface area contributed by atoms with Crippen LogP contribution in [-0.2, 0) is 11.2 Å². The third kappa shape index (κ3) is 4.93. The first kappa shape index (κ1) is 16.7. The van der Waals surface area contributed by atoms with Crippen molar-refractivity contribution in [3.63, 3.8) is 0 Å². The van der Waals surface area contributed by atoms with Gasteiger partial charge in [0.15, 0.2) is 0 Å². The summed E-state index contributed by atoms with van der Waals surface area (Å²) in [5.41, 5.74) is 2.69. The molecule has 0 radical (unpaired) electrons. The molecule has 126 valence electrons. The van der Waals surface area contributed by atoms with Crippen LogP contribution in [0, 0.1) is 5.92 Å². The number of hydrogen-bond acceptors (Lipinski definition) is 2. The van der Waals surface area contributed by atoms with Crippen LogP contribution in [-0.4, -0.2) is 23.7 Å². The Morgan fingerprint density at radius 3 is 2.42 bits per heavy atom. The number of hydrogen-bond donors (Lipinski definition) is 2. The Labute approximate surface area is 143 Å². The van der Waals surface area contributed by atoms with Crippen LogP contribution in [0.5, 0.6) is 0 Å². The van der Waals surface area contributed by atoms with E-state index in [9.17, 15) is 4.79 Å². The molecule has 2 aromatic rings. The zero-order valence-electron chi connectivity index (χ0n) is 13.9. The van der Waals surface area contributed by atoms with Crippen LogP contribution < -0.4 is 5.32 Å². The molecule has 3 nitrogen and oxygen atoms in total. The van der Waals surface area contributed by atoms with Crippen molar-refractivity contribution in [1.82, 2.24) is 5.32 Å². The molecule has 24 heavy (non-hydrogen) atoms. The minimum absolute atomic E-state index is 0.220. The molecule has 0 bridgehead atoms. The summed E-state index contributed by atoms with van der Waals surface area (Å²) < 4.78 is 0. The zero-order valence-corrected chi connectivity index (χ0v) is 13.9. The number of nitrogens with one attached hydrogen (secondary N) is 1. The molecule has 0 amide bonds. The Balaban J connectivity index is 1.51. The highest BCUT2D eigenvalue weighted by Crippen LogP contribution is 2.46. The summed E-state index contributed by atoms with van der Waals surface area (Å²) in [6, 6.07) is 21.2. The van der Waals surface area contributed by atoms with Crippen LogP contribution in [0.25, 0.3) is 0 Å². The Bertz CT molecular complexity index is 641. The molecule has 1 aliphatic rings. The van der Waals surface area contributed by atoms with E-state index >= 15 is 0 Å². The van der Waals surface area contributed by atoms with Gasteiger partial charge < -0.3 is 10.4 Å². The van der Waals surface area contributed by atoms with Crippen molar-refractivity contribution >= 4 is 5.97 Å². The van der Waals surface area contributed by atoms with Crippen LogP contribution in [0.4, 0.5) is 0 Å². The number of carboxylic acid groups (broad SMARTS) is 1. The first-order valence-electron chi connectivity index (χ1n) is 8.76. The molecule has 0 saturated heterocycles. The van der Waals surface area contributed by atoms with Crippen LogP contribution in [0.15, 0.2) is 60.7 Å². The minimum atomic E-state index is -0.719. The van der Waals surface area contributed by atoms with E-state index in [0.717, 1.165) is 13.0 Å². The molecule has 0 spiro atoms. The molecular formula is C21H25NO2. The number of rotatable bonds is 9. The highest BCUT2D eigenvalue weighted by atomic mass is 16.4. The molecule has 0 aromatic heterocycles. The van der Waals surface area contributed by atoms with Gasteiger partial charge in [-0.2, -0.15) is 0 Å². The third-order valence-corrected chi connectivity index (χ3v) is 4.85. The van der Waals surface area contributed by atoms with Gasteiger partial charge in [-0.25, -0.2) is 0 Å². The van der Waals surface area contributed by atoms with Gasteiger partial charge in [-0.15, -0.1) is 0 Å². The minimum Gasteiger partial charge on any atom is -0.481 e. The summed E-state index contributed by atoms with van der Waals surface area (Å²) in [5, 5.41) is 12.6. The van der Waals surface area contributed by atoms with Gasteiger partial charge in [0.2, 0.25) is 0 Å². The van der Waals surface area contributed by atoms with Crippen LogP contribution in [0.3, 0.4) is 0 Å². The predicted octanol–water partition coefficient (Wildman–Crippen LogP) is 3.86. The molecule has 3 rings (SSSR count). The van der Waals surface area contributed by atoms with E-state index in [0.29, 0.717) is 18.3 Å². The van der Waals surface area contributed by atoms with Crippen molar-refractivity contribution in [2.75, 3.05) is 6.54 Å². The Morgan fingerprint density at radius 1 is 1.08 bits per heavy atom. The van der Waals surface area contributed by atoms with Crippen LogP contribution in [0.2, 0.25) is 0 Å². The van der Waals surface area contributed by atoms with Gasteiger partial charge in [-0.1, -0.05) is 60.7 Å². The lowest BCUT2D eigenvalue weighted by molar-refractivity contribution is -0.137. The molecule has 0 aliphatic heterocycles. The topological polar surface area (TPSA) is 49.3 Å². The molecule has 2 aromatic carbocycles. The van der Waals surface area contributed by atoms with E-state index < -0.39 is 5.97 Å². The van der Waals surface area contributed by atoms with Gasteiger partial charge in [0.05, 0.1) is 0 Å². The van der Waals surface area contributed by atoms with Crippen LogP contribution >= 0.6 is 0 Å². The molecule has 1 fully saturated rings. The number of benzene rings is 2. The molecule has 1 aliphatic carbocycles. The highest BCUT2D eigenvalue weighted by molar-refractivity contribution is 5.66. The summed E-state index contributed by atoms with van der Waals surface area (Å²) in [5.74, 6) is 0.620. The summed E-state index contributed by atoms with van der Waals surface area (Å²) in [6.45, 7) is 0.969. The van der Waals surface area contributed by atoms with Crippen molar-refractivity contribution in [2.24, 2.45) is 5.92 Å². The maximum absolute atomic E-state index is 10.9. The molecule has 1 saturated carbocycles. The standard InChI is InChI=1S/C21H25NO2/c23-21(24)12-11-19(13-16-7-3-1-4-8-16)22-15-18-14-20(18)17-9-5-2-6-10-17/h1-10,18-20,22H,11-15H2,(H,23,24). The first-order valence-corrected chi connectivity index (χ1v) is 8.76. The summed E-state index contributed by atoms with van der Waals surface area (Å²) in [6.07, 6.45) is 3.01.